The van der Waals surface area contributed by atoms with Crippen LogP contribution >= 0.6 is 0 Å². The van der Waals surface area contributed by atoms with Gasteiger partial charge in [0.15, 0.2) is 11.6 Å². The lowest BCUT2D eigenvalue weighted by molar-refractivity contribution is -0.434. The van der Waals surface area contributed by atoms with Crippen LogP contribution in [0.2, 0.25) is 0 Å². The minimum atomic E-state index is -1.82. The fourth-order valence-electron chi connectivity index (χ4n) is 4.38. The van der Waals surface area contributed by atoms with Gasteiger partial charge in [-0.05, 0) is 17.9 Å². The van der Waals surface area contributed by atoms with Crippen LogP contribution in [0.5, 0.6) is 0 Å². The Bertz CT molecular complexity index is 960. The number of nitrogens with one attached hydrogen (secondary N) is 2. The van der Waals surface area contributed by atoms with Gasteiger partial charge in [-0.25, -0.2) is 0 Å². The first-order valence-corrected chi connectivity index (χ1v) is 8.28. The van der Waals surface area contributed by atoms with Crippen LogP contribution < -0.4 is 16.4 Å². The van der Waals surface area contributed by atoms with Crippen molar-refractivity contribution in [2.24, 2.45) is 11.1 Å². The maximum Gasteiger partial charge on any atom is 0.310 e. The van der Waals surface area contributed by atoms with E-state index in [-0.39, 0.29) is 29.0 Å². The molecule has 2 heterocycles. The highest BCUT2D eigenvalue weighted by atomic mass is 16.6. The van der Waals surface area contributed by atoms with Gasteiger partial charge in [0.2, 0.25) is 5.41 Å². The number of carbonyl (C=O) groups excluding carboxylic acids is 2. The molecule has 3 aliphatic rings. The Morgan fingerprint density at radius 2 is 1.85 bits per heavy atom. The Balaban J connectivity index is 2.10. The number of allylic oxidation sites excluding steroid dienone is 1. The molecule has 8 heteroatoms. The third-order valence-electron chi connectivity index (χ3n) is 5.25. The van der Waals surface area contributed by atoms with E-state index < -0.39 is 21.9 Å². The van der Waals surface area contributed by atoms with E-state index in [4.69, 9.17) is 5.73 Å². The zero-order valence-electron chi connectivity index (χ0n) is 14.4. The van der Waals surface area contributed by atoms with E-state index in [1.54, 1.807) is 24.3 Å². The fourth-order valence-corrected chi connectivity index (χ4v) is 4.38. The monoisotopic (exact) mass is 354 g/mol. The van der Waals surface area contributed by atoms with E-state index in [0.717, 1.165) is 0 Å². The summed E-state index contributed by atoms with van der Waals surface area (Å²) in [6.07, 6.45) is 0.673. The van der Waals surface area contributed by atoms with Crippen molar-refractivity contribution in [1.29, 1.82) is 0 Å². The number of hydrogen-bond donors (Lipinski definition) is 3. The third-order valence-corrected chi connectivity index (χ3v) is 5.25. The first-order valence-electron chi connectivity index (χ1n) is 8.28. The van der Waals surface area contributed by atoms with Crippen molar-refractivity contribution >= 4 is 17.4 Å². The second-order valence-corrected chi connectivity index (χ2v) is 7.69. The molecule has 0 aromatic heterocycles. The molecule has 1 spiro atoms. The number of fused-ring (bicyclic) bond motifs is 3. The van der Waals surface area contributed by atoms with Gasteiger partial charge in [0.25, 0.3) is 5.91 Å². The first kappa shape index (κ1) is 16.3. The average molecular weight is 354 g/mol. The topological polar surface area (TPSA) is 127 Å². The van der Waals surface area contributed by atoms with E-state index in [0.29, 0.717) is 23.4 Å². The van der Waals surface area contributed by atoms with Crippen LogP contribution in [0, 0.1) is 15.5 Å². The highest BCUT2D eigenvalue weighted by Crippen LogP contribution is 2.54. The molecule has 134 valence electrons. The lowest BCUT2D eigenvalue weighted by Crippen LogP contribution is -2.53. The predicted molar refractivity (Wildman–Crippen MR) is 93.1 cm³/mol. The summed E-state index contributed by atoms with van der Waals surface area (Å²) in [5, 5.41) is 17.4. The number of rotatable bonds is 1. The Hall–Kier alpha value is -3.16. The van der Waals surface area contributed by atoms with Crippen molar-refractivity contribution in [2.45, 2.75) is 32.1 Å². The number of nitrogens with zero attached hydrogens (tertiary/aromatic N) is 1. The lowest BCUT2D eigenvalue weighted by Gasteiger charge is -2.40. The maximum absolute atomic E-state index is 13.1. The second-order valence-electron chi connectivity index (χ2n) is 7.69. The maximum atomic E-state index is 13.1. The summed E-state index contributed by atoms with van der Waals surface area (Å²) in [6, 6.07) is 6.70. The number of benzene rings is 1. The van der Waals surface area contributed by atoms with Gasteiger partial charge >= 0.3 is 5.70 Å². The van der Waals surface area contributed by atoms with E-state index in [1.165, 1.54) is 0 Å². The minimum Gasteiger partial charge on any atom is -0.380 e. The lowest BCUT2D eigenvalue weighted by atomic mass is 9.63. The van der Waals surface area contributed by atoms with Crippen molar-refractivity contribution in [2.75, 3.05) is 5.32 Å². The molecule has 1 amide bonds. The Morgan fingerprint density at radius 3 is 2.54 bits per heavy atom. The van der Waals surface area contributed by atoms with E-state index in [2.05, 4.69) is 10.6 Å². The van der Waals surface area contributed by atoms with Gasteiger partial charge in [-0.15, -0.1) is 0 Å². The van der Waals surface area contributed by atoms with Crippen LogP contribution in [0.25, 0.3) is 0 Å². The summed E-state index contributed by atoms with van der Waals surface area (Å²) in [6.45, 7) is 3.88. The van der Waals surface area contributed by atoms with Gasteiger partial charge in [-0.1, -0.05) is 32.0 Å². The molecule has 1 aromatic rings. The normalized spacial score (nSPS) is 26.4. The van der Waals surface area contributed by atoms with Crippen LogP contribution in [-0.2, 0) is 15.0 Å². The van der Waals surface area contributed by atoms with Gasteiger partial charge in [-0.2, -0.15) is 0 Å². The van der Waals surface area contributed by atoms with Gasteiger partial charge in [-0.3, -0.25) is 19.7 Å². The van der Waals surface area contributed by atoms with Gasteiger partial charge in [0.1, 0.15) is 0 Å². The van der Waals surface area contributed by atoms with E-state index >= 15 is 0 Å². The summed E-state index contributed by atoms with van der Waals surface area (Å²) in [7, 11) is 0. The highest BCUT2D eigenvalue weighted by molar-refractivity contribution is 6.18. The number of nitrogens with two attached hydrogens (primary N) is 1. The van der Waals surface area contributed by atoms with Gasteiger partial charge < -0.3 is 16.4 Å². The molecule has 0 saturated carbocycles. The summed E-state index contributed by atoms with van der Waals surface area (Å²) in [4.78, 5) is 37.4. The summed E-state index contributed by atoms with van der Waals surface area (Å²) in [5.41, 5.74) is 4.82. The molecule has 4 N–H and O–H groups in total. The Labute approximate surface area is 149 Å². The molecule has 8 nitrogen and oxygen atoms in total. The molecule has 2 aliphatic heterocycles. The number of hydrogen-bond acceptors (Lipinski definition) is 6. The molecular weight excluding hydrogens is 336 g/mol. The average Bonchev–Trinajstić information content (AvgIpc) is 2.78. The van der Waals surface area contributed by atoms with Crippen molar-refractivity contribution in [3.8, 4) is 0 Å². The summed E-state index contributed by atoms with van der Waals surface area (Å²) < 4.78 is 0. The molecule has 26 heavy (non-hydrogen) atoms. The highest BCUT2D eigenvalue weighted by Gasteiger charge is 2.64. The quantitative estimate of drug-likeness (QED) is 0.518. The molecule has 0 saturated heterocycles. The SMILES string of the molecule is CC1(C)CC(=O)C2=C(C1)NC(N)=C([N+](=O)[O-])[C@@]21C(=O)Nc2ccccc21. The van der Waals surface area contributed by atoms with Gasteiger partial charge in [0, 0.05) is 28.9 Å². The van der Waals surface area contributed by atoms with Gasteiger partial charge in [0.05, 0.1) is 4.92 Å². The number of dihydropyridines is 1. The first-order chi connectivity index (χ1) is 12.2. The van der Waals surface area contributed by atoms with Crippen LogP contribution in [0.1, 0.15) is 32.3 Å². The molecule has 0 unspecified atom stereocenters. The van der Waals surface area contributed by atoms with E-state index in [1.807, 2.05) is 13.8 Å². The number of carbonyl (C=O) groups is 2. The fraction of sp³-hybridized carbons (Fsp3) is 0.333. The number of nitro groups is 1. The number of anilines is 1. The smallest absolute Gasteiger partial charge is 0.310 e. The number of amides is 1. The number of Topliss-reactive ketones (excluding diaryl/α,β-unsaturated/α-hetero) is 1. The summed E-state index contributed by atoms with van der Waals surface area (Å²) in [5.74, 6) is -1.09. The van der Waals surface area contributed by atoms with Crippen molar-refractivity contribution < 1.29 is 14.5 Å². The van der Waals surface area contributed by atoms with E-state index in [9.17, 15) is 19.7 Å². The number of ketones is 1. The summed E-state index contributed by atoms with van der Waals surface area (Å²) >= 11 is 0. The standard InChI is InChI=1S/C18H18N4O4/c1-17(2)7-11-13(12(23)8-17)18(14(22(25)26)15(19)20-11)9-5-3-4-6-10(9)21-16(18)24/h3-6,20H,7-8,19H2,1-2H3,(H,21,24)/t18-/m0/s1. The van der Waals surface area contributed by atoms with Crippen molar-refractivity contribution in [3.05, 3.63) is 62.7 Å². The molecule has 4 rings (SSSR count). The zero-order valence-corrected chi connectivity index (χ0v) is 14.4. The molecule has 0 fully saturated rings. The van der Waals surface area contributed by atoms with Crippen LogP contribution in [-0.4, -0.2) is 16.6 Å². The third kappa shape index (κ3) is 1.89. The molecule has 1 aliphatic carbocycles. The molecule has 0 bridgehead atoms. The van der Waals surface area contributed by atoms with Crippen LogP contribution in [0.4, 0.5) is 5.69 Å². The Morgan fingerprint density at radius 1 is 1.15 bits per heavy atom. The molecule has 1 atom stereocenters. The Kier molecular flexibility index (Phi) is 3.10. The van der Waals surface area contributed by atoms with Crippen molar-refractivity contribution in [3.63, 3.8) is 0 Å². The zero-order chi connectivity index (χ0) is 18.9. The van der Waals surface area contributed by atoms with Crippen LogP contribution in [0.15, 0.2) is 47.1 Å². The minimum absolute atomic E-state index is 0.139. The predicted octanol–water partition coefficient (Wildman–Crippen LogP) is 1.53. The molecule has 0 radical (unpaired) electrons. The van der Waals surface area contributed by atoms with Crippen molar-refractivity contribution in [1.82, 2.24) is 5.32 Å². The second kappa shape index (κ2) is 4.94. The molecule has 1 aromatic carbocycles. The number of para-hydroxylation sites is 1. The largest absolute Gasteiger partial charge is 0.380 e. The van der Waals surface area contributed by atoms with Crippen LogP contribution in [0.3, 0.4) is 0 Å². The molecular formula is C18H18N4O4.